The van der Waals surface area contributed by atoms with Gasteiger partial charge in [0.15, 0.2) is 0 Å². The maximum atomic E-state index is 11.9. The molecule has 0 fully saturated rings. The second-order valence-electron chi connectivity index (χ2n) is 4.02. The summed E-state index contributed by atoms with van der Waals surface area (Å²) in [4.78, 5) is 17.0. The Morgan fingerprint density at radius 2 is 2.22 bits per heavy atom. The molecule has 2 aromatic heterocycles. The van der Waals surface area contributed by atoms with Gasteiger partial charge in [0.2, 0.25) is 0 Å². The molecule has 3 nitrogen and oxygen atoms in total. The van der Waals surface area contributed by atoms with Crippen molar-refractivity contribution in [1.82, 2.24) is 10.3 Å². The lowest BCUT2D eigenvalue weighted by Crippen LogP contribution is -2.22. The molecule has 2 rings (SSSR count). The summed E-state index contributed by atoms with van der Waals surface area (Å²) in [6.07, 6.45) is 0. The van der Waals surface area contributed by atoms with Crippen molar-refractivity contribution in [2.45, 2.75) is 20.4 Å². The zero-order chi connectivity index (χ0) is 13.1. The second-order valence-corrected chi connectivity index (χ2v) is 6.39. The molecule has 0 aliphatic rings. The average Bonchev–Trinajstić information content (AvgIpc) is 2.67. The van der Waals surface area contributed by atoms with Crippen molar-refractivity contribution in [2.24, 2.45) is 0 Å². The van der Waals surface area contributed by atoms with Crippen LogP contribution in [0.3, 0.4) is 0 Å². The predicted molar refractivity (Wildman–Crippen MR) is 76.9 cm³/mol. The highest BCUT2D eigenvalue weighted by Gasteiger charge is 2.10. The lowest BCUT2D eigenvalue weighted by Gasteiger charge is -2.03. The number of thiophene rings is 1. The quantitative estimate of drug-likeness (QED) is 0.939. The third-order valence-electron chi connectivity index (χ3n) is 2.46. The zero-order valence-electron chi connectivity index (χ0n) is 10.2. The Morgan fingerprint density at radius 1 is 1.44 bits per heavy atom. The van der Waals surface area contributed by atoms with E-state index in [-0.39, 0.29) is 5.91 Å². The van der Waals surface area contributed by atoms with Crippen LogP contribution in [0.5, 0.6) is 0 Å². The number of nitrogens with one attached hydrogen (secondary N) is 1. The SMILES string of the molecule is Cc1cccc(CNC(=O)c2cc(C)c(Br)s2)n1. The lowest BCUT2D eigenvalue weighted by atomic mass is 10.3. The van der Waals surface area contributed by atoms with Gasteiger partial charge in [0.1, 0.15) is 0 Å². The Morgan fingerprint density at radius 3 is 2.83 bits per heavy atom. The van der Waals surface area contributed by atoms with E-state index in [2.05, 4.69) is 26.2 Å². The molecular weight excluding hydrogens is 312 g/mol. The fourth-order valence-electron chi connectivity index (χ4n) is 1.53. The van der Waals surface area contributed by atoms with Gasteiger partial charge in [-0.25, -0.2) is 0 Å². The molecule has 0 saturated carbocycles. The van der Waals surface area contributed by atoms with Gasteiger partial charge in [-0.05, 0) is 53.5 Å². The highest BCUT2D eigenvalue weighted by atomic mass is 79.9. The van der Waals surface area contributed by atoms with E-state index in [1.165, 1.54) is 11.3 Å². The fourth-order valence-corrected chi connectivity index (χ4v) is 2.98. The highest BCUT2D eigenvalue weighted by molar-refractivity contribution is 9.11. The number of nitrogens with zero attached hydrogens (tertiary/aromatic N) is 1. The van der Waals surface area contributed by atoms with Gasteiger partial charge in [-0.3, -0.25) is 9.78 Å². The molecule has 0 aliphatic carbocycles. The van der Waals surface area contributed by atoms with E-state index in [0.29, 0.717) is 11.4 Å². The summed E-state index contributed by atoms with van der Waals surface area (Å²) in [6, 6.07) is 7.66. The number of carbonyl (C=O) groups excluding carboxylic acids is 1. The van der Waals surface area contributed by atoms with Crippen LogP contribution in [0.25, 0.3) is 0 Å². The maximum Gasteiger partial charge on any atom is 0.261 e. The number of carbonyl (C=O) groups is 1. The molecule has 1 amide bonds. The first-order valence-corrected chi connectivity index (χ1v) is 7.14. The van der Waals surface area contributed by atoms with Gasteiger partial charge >= 0.3 is 0 Å². The first kappa shape index (κ1) is 13.2. The number of pyridine rings is 1. The van der Waals surface area contributed by atoms with Crippen LogP contribution in [0.2, 0.25) is 0 Å². The molecule has 0 saturated heterocycles. The number of aryl methyl sites for hydroxylation is 2. The summed E-state index contributed by atoms with van der Waals surface area (Å²) in [5, 5.41) is 2.87. The van der Waals surface area contributed by atoms with E-state index in [4.69, 9.17) is 0 Å². The third kappa shape index (κ3) is 3.17. The van der Waals surface area contributed by atoms with Crippen LogP contribution in [0.4, 0.5) is 0 Å². The third-order valence-corrected chi connectivity index (χ3v) is 4.59. The van der Waals surface area contributed by atoms with Gasteiger partial charge < -0.3 is 5.32 Å². The molecule has 2 heterocycles. The minimum Gasteiger partial charge on any atom is -0.346 e. The zero-order valence-corrected chi connectivity index (χ0v) is 12.6. The van der Waals surface area contributed by atoms with Crippen molar-refractivity contribution in [1.29, 1.82) is 0 Å². The number of aromatic nitrogens is 1. The summed E-state index contributed by atoms with van der Waals surface area (Å²) >= 11 is 4.86. The van der Waals surface area contributed by atoms with E-state index in [1.54, 1.807) is 0 Å². The van der Waals surface area contributed by atoms with Gasteiger partial charge in [0.25, 0.3) is 5.91 Å². The molecule has 2 aromatic rings. The minimum absolute atomic E-state index is 0.0582. The van der Waals surface area contributed by atoms with Crippen LogP contribution in [-0.4, -0.2) is 10.9 Å². The normalized spacial score (nSPS) is 10.4. The lowest BCUT2D eigenvalue weighted by molar-refractivity contribution is 0.0954. The Bertz CT molecular complexity index is 561. The molecule has 0 bridgehead atoms. The van der Waals surface area contributed by atoms with Crippen LogP contribution in [0.1, 0.15) is 26.6 Å². The molecule has 0 unspecified atom stereocenters. The first-order chi connectivity index (χ1) is 8.56. The van der Waals surface area contributed by atoms with Crippen LogP contribution in [0, 0.1) is 13.8 Å². The van der Waals surface area contributed by atoms with Gasteiger partial charge in [-0.15, -0.1) is 11.3 Å². The summed E-state index contributed by atoms with van der Waals surface area (Å²) in [6.45, 7) is 4.36. The molecular formula is C13H13BrN2OS. The van der Waals surface area contributed by atoms with Gasteiger partial charge in [0, 0.05) is 5.69 Å². The first-order valence-electron chi connectivity index (χ1n) is 5.53. The standard InChI is InChI=1S/C13H13BrN2OS/c1-8-6-11(18-12(8)14)13(17)15-7-10-5-3-4-9(2)16-10/h3-6H,7H2,1-2H3,(H,15,17). The molecule has 18 heavy (non-hydrogen) atoms. The Kier molecular flexibility index (Phi) is 4.14. The van der Waals surface area contributed by atoms with Gasteiger partial charge in [0.05, 0.1) is 20.9 Å². The van der Waals surface area contributed by atoms with E-state index in [1.807, 2.05) is 38.1 Å². The van der Waals surface area contributed by atoms with E-state index in [0.717, 1.165) is 20.7 Å². The van der Waals surface area contributed by atoms with Crippen LogP contribution in [-0.2, 0) is 6.54 Å². The van der Waals surface area contributed by atoms with Gasteiger partial charge in [-0.2, -0.15) is 0 Å². The molecule has 5 heteroatoms. The Labute approximate surface area is 118 Å². The van der Waals surface area contributed by atoms with Crippen LogP contribution >= 0.6 is 27.3 Å². The van der Waals surface area contributed by atoms with E-state index >= 15 is 0 Å². The fraction of sp³-hybridized carbons (Fsp3) is 0.231. The van der Waals surface area contributed by atoms with Crippen molar-refractivity contribution >= 4 is 33.2 Å². The summed E-state index contributed by atoms with van der Waals surface area (Å²) in [7, 11) is 0. The number of hydrogen-bond acceptors (Lipinski definition) is 3. The van der Waals surface area contributed by atoms with Gasteiger partial charge in [-0.1, -0.05) is 6.07 Å². The number of hydrogen-bond donors (Lipinski definition) is 1. The van der Waals surface area contributed by atoms with Crippen molar-refractivity contribution in [2.75, 3.05) is 0 Å². The van der Waals surface area contributed by atoms with E-state index in [9.17, 15) is 4.79 Å². The summed E-state index contributed by atoms with van der Waals surface area (Å²) < 4.78 is 1.00. The molecule has 1 N–H and O–H groups in total. The Hall–Kier alpha value is -1.20. The summed E-state index contributed by atoms with van der Waals surface area (Å²) in [5.41, 5.74) is 2.91. The molecule has 0 atom stereocenters. The van der Waals surface area contributed by atoms with Crippen molar-refractivity contribution < 1.29 is 4.79 Å². The molecule has 0 spiro atoms. The van der Waals surface area contributed by atoms with Crippen LogP contribution < -0.4 is 5.32 Å². The average molecular weight is 325 g/mol. The highest BCUT2D eigenvalue weighted by Crippen LogP contribution is 2.27. The summed E-state index contributed by atoms with van der Waals surface area (Å²) in [5.74, 6) is -0.0582. The predicted octanol–water partition coefficient (Wildman–Crippen LogP) is 3.45. The Balaban J connectivity index is 2.00. The monoisotopic (exact) mass is 324 g/mol. The molecule has 0 radical (unpaired) electrons. The molecule has 0 aliphatic heterocycles. The topological polar surface area (TPSA) is 42.0 Å². The number of rotatable bonds is 3. The number of halogens is 1. The smallest absolute Gasteiger partial charge is 0.261 e. The molecule has 0 aromatic carbocycles. The molecule has 94 valence electrons. The second kappa shape index (κ2) is 5.63. The van der Waals surface area contributed by atoms with Crippen molar-refractivity contribution in [3.8, 4) is 0 Å². The van der Waals surface area contributed by atoms with Crippen LogP contribution in [0.15, 0.2) is 28.1 Å². The van der Waals surface area contributed by atoms with E-state index < -0.39 is 0 Å². The maximum absolute atomic E-state index is 11.9. The number of amides is 1. The van der Waals surface area contributed by atoms with Crippen molar-refractivity contribution in [3.05, 3.63) is 49.9 Å². The van der Waals surface area contributed by atoms with Crippen molar-refractivity contribution in [3.63, 3.8) is 0 Å². The minimum atomic E-state index is -0.0582. The largest absolute Gasteiger partial charge is 0.346 e.